The molecule has 22 heavy (non-hydrogen) atoms. The van der Waals surface area contributed by atoms with Gasteiger partial charge in [0.05, 0.1) is 12.7 Å². The normalized spacial score (nSPS) is 14.8. The van der Waals surface area contributed by atoms with Gasteiger partial charge in [0, 0.05) is 0 Å². The summed E-state index contributed by atoms with van der Waals surface area (Å²) < 4.78 is 119. The number of ether oxygens (including phenoxy) is 2. The molecule has 0 rings (SSSR count). The van der Waals surface area contributed by atoms with E-state index in [1.54, 1.807) is 0 Å². The van der Waals surface area contributed by atoms with Crippen LogP contribution in [0.5, 0.6) is 0 Å². The second kappa shape index (κ2) is 6.24. The third kappa shape index (κ3) is 3.97. The summed E-state index contributed by atoms with van der Waals surface area (Å²) in [4.78, 5) is 10.8. The molecule has 0 aromatic heterocycles. The van der Waals surface area contributed by atoms with Gasteiger partial charge in [-0.1, -0.05) is 0 Å². The molecule has 0 atom stereocenters. The van der Waals surface area contributed by atoms with E-state index in [-0.39, 0.29) is 12.7 Å². The molecule has 0 aromatic rings. The van der Waals surface area contributed by atoms with Crippen LogP contribution in [-0.4, -0.2) is 36.7 Å². The smallest absolute Gasteiger partial charge is 0.463 e. The highest BCUT2D eigenvalue weighted by Gasteiger charge is 2.83. The van der Waals surface area contributed by atoms with Crippen molar-refractivity contribution in [2.75, 3.05) is 6.61 Å². The lowest BCUT2D eigenvalue weighted by molar-refractivity contribution is -0.437. The lowest BCUT2D eigenvalue weighted by Gasteiger charge is -2.33. The quantitative estimate of drug-likeness (QED) is 0.316. The van der Waals surface area contributed by atoms with Gasteiger partial charge < -0.3 is 9.47 Å². The number of carbonyl (C=O) groups is 1. The number of hydrogen-bond donors (Lipinski definition) is 0. The summed E-state index contributed by atoms with van der Waals surface area (Å²) in [5.74, 6) is -16.7. The van der Waals surface area contributed by atoms with E-state index in [2.05, 4.69) is 9.47 Å². The molecule has 0 aliphatic rings. The summed E-state index contributed by atoms with van der Waals surface area (Å²) in [6.07, 6.45) is -13.1. The number of halogens is 9. The Bertz CT molecular complexity index is 439. The first-order valence-electron chi connectivity index (χ1n) is 5.34. The van der Waals surface area contributed by atoms with Crippen molar-refractivity contribution in [3.8, 4) is 0 Å². The highest BCUT2D eigenvalue weighted by molar-refractivity contribution is 5.82. The second-order valence-electron chi connectivity index (χ2n) is 3.77. The summed E-state index contributed by atoms with van der Waals surface area (Å²) >= 11 is 0. The SMILES string of the molecule is CCOC(=O)/C=C(/C)OC(F)(F)C(F)(F)C(F)(F)C(F)(F)F. The minimum atomic E-state index is -7.06. The summed E-state index contributed by atoms with van der Waals surface area (Å²) in [5, 5.41) is 0. The van der Waals surface area contributed by atoms with Gasteiger partial charge in [0.2, 0.25) is 0 Å². The molecule has 0 amide bonds. The Labute approximate surface area is 117 Å². The maximum atomic E-state index is 13.0. The molecule has 0 aromatic carbocycles. The van der Waals surface area contributed by atoms with Crippen LogP contribution in [0, 0.1) is 0 Å². The zero-order chi connectivity index (χ0) is 18.0. The van der Waals surface area contributed by atoms with Crippen molar-refractivity contribution in [3.63, 3.8) is 0 Å². The summed E-state index contributed by atoms with van der Waals surface area (Å²) in [7, 11) is 0. The van der Waals surface area contributed by atoms with Crippen LogP contribution in [0.15, 0.2) is 11.8 Å². The predicted molar refractivity (Wildman–Crippen MR) is 52.4 cm³/mol. The fraction of sp³-hybridized carbons (Fsp3) is 0.700. The van der Waals surface area contributed by atoms with Crippen molar-refractivity contribution >= 4 is 5.97 Å². The number of allylic oxidation sites excluding steroid dienone is 1. The fourth-order valence-corrected chi connectivity index (χ4v) is 1.01. The van der Waals surface area contributed by atoms with E-state index in [0.29, 0.717) is 6.92 Å². The average Bonchev–Trinajstić information content (AvgIpc) is 2.25. The monoisotopic (exact) mass is 348 g/mol. The van der Waals surface area contributed by atoms with Gasteiger partial charge in [-0.15, -0.1) is 0 Å². The van der Waals surface area contributed by atoms with E-state index in [9.17, 15) is 44.3 Å². The van der Waals surface area contributed by atoms with E-state index >= 15 is 0 Å². The zero-order valence-corrected chi connectivity index (χ0v) is 10.9. The van der Waals surface area contributed by atoms with Crippen LogP contribution in [-0.2, 0) is 14.3 Å². The molecule has 130 valence electrons. The first-order valence-corrected chi connectivity index (χ1v) is 5.34. The summed E-state index contributed by atoms with van der Waals surface area (Å²) in [6.45, 7) is 1.53. The molecule has 0 aliphatic heterocycles. The Balaban J connectivity index is 5.42. The Morgan fingerprint density at radius 1 is 0.955 bits per heavy atom. The topological polar surface area (TPSA) is 35.5 Å². The molecular formula is C10H9F9O3. The number of esters is 1. The van der Waals surface area contributed by atoms with E-state index in [4.69, 9.17) is 0 Å². The second-order valence-corrected chi connectivity index (χ2v) is 3.77. The standard InChI is InChI=1S/C10H9F9O3/c1-3-21-6(20)4-5(2)22-10(18,19)8(13,14)7(11,12)9(15,16)17/h4H,3H2,1-2H3/b5-4-. The van der Waals surface area contributed by atoms with E-state index < -0.39 is 35.9 Å². The molecule has 12 heteroatoms. The Morgan fingerprint density at radius 3 is 1.77 bits per heavy atom. The van der Waals surface area contributed by atoms with Crippen molar-refractivity contribution in [1.29, 1.82) is 0 Å². The highest BCUT2D eigenvalue weighted by atomic mass is 19.4. The maximum absolute atomic E-state index is 13.0. The van der Waals surface area contributed by atoms with E-state index in [1.807, 2.05) is 0 Å². The molecule has 0 radical (unpaired) electrons. The van der Waals surface area contributed by atoms with Gasteiger partial charge in [-0.05, 0) is 13.8 Å². The van der Waals surface area contributed by atoms with Gasteiger partial charge in [-0.2, -0.15) is 39.5 Å². The fourth-order valence-electron chi connectivity index (χ4n) is 1.01. The van der Waals surface area contributed by atoms with Crippen LogP contribution in [0.2, 0.25) is 0 Å². The molecule has 0 unspecified atom stereocenters. The van der Waals surface area contributed by atoms with Crippen molar-refractivity contribution in [1.82, 2.24) is 0 Å². The number of rotatable bonds is 6. The van der Waals surface area contributed by atoms with Gasteiger partial charge in [0.15, 0.2) is 0 Å². The van der Waals surface area contributed by atoms with Gasteiger partial charge in [-0.25, -0.2) is 4.79 Å². The van der Waals surface area contributed by atoms with Crippen LogP contribution in [0.3, 0.4) is 0 Å². The lowest BCUT2D eigenvalue weighted by atomic mass is 10.1. The van der Waals surface area contributed by atoms with Crippen molar-refractivity contribution < 1.29 is 53.8 Å². The highest BCUT2D eigenvalue weighted by Crippen LogP contribution is 2.53. The molecular weight excluding hydrogens is 339 g/mol. The molecule has 0 saturated carbocycles. The molecule has 0 fully saturated rings. The van der Waals surface area contributed by atoms with E-state index in [0.717, 1.165) is 0 Å². The van der Waals surface area contributed by atoms with Crippen LogP contribution >= 0.6 is 0 Å². The Kier molecular flexibility index (Phi) is 5.78. The molecule has 0 saturated heterocycles. The van der Waals surface area contributed by atoms with Crippen molar-refractivity contribution in [3.05, 3.63) is 11.8 Å². The lowest BCUT2D eigenvalue weighted by Crippen LogP contribution is -2.61. The average molecular weight is 348 g/mol. The van der Waals surface area contributed by atoms with Gasteiger partial charge in [0.1, 0.15) is 5.76 Å². The number of carbonyl (C=O) groups excluding carboxylic acids is 1. The predicted octanol–water partition coefficient (Wildman–Crippen LogP) is 3.90. The third-order valence-corrected chi connectivity index (χ3v) is 2.01. The van der Waals surface area contributed by atoms with Gasteiger partial charge in [-0.3, -0.25) is 0 Å². The Morgan fingerprint density at radius 2 is 1.41 bits per heavy atom. The molecule has 0 heterocycles. The molecule has 0 aliphatic carbocycles. The van der Waals surface area contributed by atoms with E-state index in [1.165, 1.54) is 6.92 Å². The third-order valence-electron chi connectivity index (χ3n) is 2.01. The van der Waals surface area contributed by atoms with Crippen LogP contribution in [0.1, 0.15) is 13.8 Å². The molecule has 3 nitrogen and oxygen atoms in total. The number of alkyl halides is 9. The van der Waals surface area contributed by atoms with Crippen LogP contribution in [0.25, 0.3) is 0 Å². The molecule has 0 spiro atoms. The molecule has 0 bridgehead atoms. The molecule has 0 N–H and O–H groups in total. The van der Waals surface area contributed by atoms with Gasteiger partial charge >= 0.3 is 30.1 Å². The van der Waals surface area contributed by atoms with Crippen LogP contribution in [0.4, 0.5) is 39.5 Å². The number of hydrogen-bond acceptors (Lipinski definition) is 3. The minimum Gasteiger partial charge on any atom is -0.463 e. The first kappa shape index (κ1) is 20.4. The first-order chi connectivity index (χ1) is 9.60. The van der Waals surface area contributed by atoms with Crippen molar-refractivity contribution in [2.45, 2.75) is 38.0 Å². The Hall–Kier alpha value is -1.62. The zero-order valence-electron chi connectivity index (χ0n) is 10.9. The minimum absolute atomic E-state index is 0.0826. The summed E-state index contributed by atoms with van der Waals surface area (Å²) in [6, 6.07) is 0. The van der Waals surface area contributed by atoms with Crippen molar-refractivity contribution in [2.24, 2.45) is 0 Å². The summed E-state index contributed by atoms with van der Waals surface area (Å²) in [5.41, 5.74) is 0. The largest absolute Gasteiger partial charge is 0.471 e. The maximum Gasteiger partial charge on any atom is 0.471 e. The van der Waals surface area contributed by atoms with Gasteiger partial charge in [0.25, 0.3) is 0 Å². The van der Waals surface area contributed by atoms with Crippen LogP contribution < -0.4 is 0 Å².